The molecule has 12 heavy (non-hydrogen) atoms. The summed E-state index contributed by atoms with van der Waals surface area (Å²) >= 11 is 0. The van der Waals surface area contributed by atoms with Crippen molar-refractivity contribution >= 4 is 0 Å². The van der Waals surface area contributed by atoms with Gasteiger partial charge in [0.2, 0.25) is 0 Å². The lowest BCUT2D eigenvalue weighted by Crippen LogP contribution is -2.35. The maximum absolute atomic E-state index is 5.79. The van der Waals surface area contributed by atoms with Gasteiger partial charge >= 0.3 is 0 Å². The summed E-state index contributed by atoms with van der Waals surface area (Å²) in [6.45, 7) is 7.95. The first-order valence-corrected chi connectivity index (χ1v) is 5.26. The van der Waals surface area contributed by atoms with E-state index >= 15 is 0 Å². The van der Waals surface area contributed by atoms with Crippen molar-refractivity contribution < 1.29 is 0 Å². The first-order valence-electron chi connectivity index (χ1n) is 5.26. The van der Waals surface area contributed by atoms with E-state index in [1.54, 1.807) is 0 Å². The van der Waals surface area contributed by atoms with Crippen molar-refractivity contribution in [2.24, 2.45) is 23.0 Å². The van der Waals surface area contributed by atoms with Crippen molar-refractivity contribution in [2.45, 2.75) is 46.5 Å². The highest BCUT2D eigenvalue weighted by atomic mass is 14.6. The van der Waals surface area contributed by atoms with Gasteiger partial charge in [0.1, 0.15) is 0 Å². The maximum atomic E-state index is 5.79. The molecule has 1 saturated carbocycles. The molecule has 0 aromatic carbocycles. The molecule has 0 unspecified atom stereocenters. The molecule has 1 fully saturated rings. The van der Waals surface area contributed by atoms with Crippen LogP contribution in [0.2, 0.25) is 0 Å². The van der Waals surface area contributed by atoms with Crippen LogP contribution in [0, 0.1) is 17.3 Å². The fourth-order valence-electron chi connectivity index (χ4n) is 2.63. The molecule has 0 bridgehead atoms. The molecule has 1 heteroatoms. The number of nitrogens with two attached hydrogens (primary N) is 1. The highest BCUT2D eigenvalue weighted by Gasteiger charge is 2.32. The third-order valence-corrected chi connectivity index (χ3v) is 3.32. The maximum Gasteiger partial charge on any atom is -0.00460 e. The Bertz CT molecular complexity index is 134. The van der Waals surface area contributed by atoms with Gasteiger partial charge in [-0.15, -0.1) is 0 Å². The predicted molar refractivity (Wildman–Crippen MR) is 54.0 cm³/mol. The van der Waals surface area contributed by atoms with Gasteiger partial charge < -0.3 is 5.73 Å². The van der Waals surface area contributed by atoms with Crippen LogP contribution >= 0.6 is 0 Å². The Kier molecular flexibility index (Phi) is 3.16. The van der Waals surface area contributed by atoms with E-state index in [1.807, 2.05) is 0 Å². The van der Waals surface area contributed by atoms with Crippen LogP contribution in [0.25, 0.3) is 0 Å². The molecule has 72 valence electrons. The van der Waals surface area contributed by atoms with Gasteiger partial charge in [0.05, 0.1) is 0 Å². The molecular formula is C11H23N. The van der Waals surface area contributed by atoms with Crippen molar-refractivity contribution in [3.8, 4) is 0 Å². The fraction of sp³-hybridized carbons (Fsp3) is 1.00. The van der Waals surface area contributed by atoms with Gasteiger partial charge in [-0.3, -0.25) is 0 Å². The van der Waals surface area contributed by atoms with Crippen LogP contribution < -0.4 is 5.73 Å². The summed E-state index contributed by atoms with van der Waals surface area (Å²) in [6, 6.07) is 0. The summed E-state index contributed by atoms with van der Waals surface area (Å²) in [5, 5.41) is 0. The van der Waals surface area contributed by atoms with Crippen LogP contribution in [-0.4, -0.2) is 6.54 Å². The third kappa shape index (κ3) is 2.22. The molecular weight excluding hydrogens is 146 g/mol. The number of hydrogen-bond acceptors (Lipinski definition) is 1. The molecule has 0 radical (unpaired) electrons. The normalized spacial score (nSPS) is 32.0. The van der Waals surface area contributed by atoms with Crippen LogP contribution in [0.5, 0.6) is 0 Å². The van der Waals surface area contributed by atoms with Gasteiger partial charge in [0.25, 0.3) is 0 Å². The van der Waals surface area contributed by atoms with Crippen molar-refractivity contribution in [3.63, 3.8) is 0 Å². The summed E-state index contributed by atoms with van der Waals surface area (Å²) in [5.41, 5.74) is 6.25. The van der Waals surface area contributed by atoms with Crippen molar-refractivity contribution in [2.75, 3.05) is 6.54 Å². The van der Waals surface area contributed by atoms with E-state index in [1.165, 1.54) is 25.7 Å². The zero-order valence-electron chi connectivity index (χ0n) is 8.77. The molecule has 1 rings (SSSR count). The van der Waals surface area contributed by atoms with Gasteiger partial charge in [-0.2, -0.15) is 0 Å². The third-order valence-electron chi connectivity index (χ3n) is 3.32. The summed E-state index contributed by atoms with van der Waals surface area (Å²) < 4.78 is 0. The highest BCUT2D eigenvalue weighted by Crippen LogP contribution is 2.41. The highest BCUT2D eigenvalue weighted by molar-refractivity contribution is 4.84. The lowest BCUT2D eigenvalue weighted by Gasteiger charge is -2.40. The lowest BCUT2D eigenvalue weighted by atomic mass is 9.66. The Labute approximate surface area is 76.7 Å². The van der Waals surface area contributed by atoms with Crippen molar-refractivity contribution in [3.05, 3.63) is 0 Å². The van der Waals surface area contributed by atoms with Crippen LogP contribution in [0.1, 0.15) is 46.5 Å². The van der Waals surface area contributed by atoms with Gasteiger partial charge in [-0.1, -0.05) is 33.6 Å². The molecule has 0 heterocycles. The molecule has 2 atom stereocenters. The van der Waals surface area contributed by atoms with Crippen LogP contribution in [0.3, 0.4) is 0 Å². The molecule has 1 nitrogen and oxygen atoms in total. The van der Waals surface area contributed by atoms with E-state index in [0.717, 1.165) is 18.4 Å². The minimum Gasteiger partial charge on any atom is -0.330 e. The number of rotatable bonds is 1. The Morgan fingerprint density at radius 2 is 1.75 bits per heavy atom. The van der Waals surface area contributed by atoms with Gasteiger partial charge in [0, 0.05) is 0 Å². The molecule has 0 aromatic rings. The topological polar surface area (TPSA) is 26.0 Å². The van der Waals surface area contributed by atoms with E-state index in [4.69, 9.17) is 5.73 Å². The van der Waals surface area contributed by atoms with E-state index in [-0.39, 0.29) is 0 Å². The zero-order valence-corrected chi connectivity index (χ0v) is 8.77. The number of hydrogen-bond donors (Lipinski definition) is 1. The van der Waals surface area contributed by atoms with E-state index in [0.29, 0.717) is 5.41 Å². The standard InChI is InChI=1S/C11H23N/c1-11(2,3)10-7-5-4-6-9(10)8-12/h9-10H,4-8,12H2,1-3H3/t9-,10-/m0/s1. The monoisotopic (exact) mass is 169 g/mol. The Morgan fingerprint density at radius 1 is 1.17 bits per heavy atom. The second kappa shape index (κ2) is 3.78. The zero-order chi connectivity index (χ0) is 9.19. The van der Waals surface area contributed by atoms with Crippen LogP contribution in [0.4, 0.5) is 0 Å². The molecule has 0 saturated heterocycles. The van der Waals surface area contributed by atoms with E-state index < -0.39 is 0 Å². The first-order chi connectivity index (χ1) is 5.55. The van der Waals surface area contributed by atoms with Crippen LogP contribution in [-0.2, 0) is 0 Å². The molecule has 2 N–H and O–H groups in total. The largest absolute Gasteiger partial charge is 0.330 e. The molecule has 0 aromatic heterocycles. The second-order valence-corrected chi connectivity index (χ2v) is 5.25. The summed E-state index contributed by atoms with van der Waals surface area (Å²) in [4.78, 5) is 0. The SMILES string of the molecule is CC(C)(C)[C@H]1CCCC[C@H]1CN. The summed E-state index contributed by atoms with van der Waals surface area (Å²) in [5.74, 6) is 1.65. The Hall–Kier alpha value is -0.0400. The molecule has 0 aliphatic heterocycles. The minimum atomic E-state index is 0.463. The first kappa shape index (κ1) is 10.0. The summed E-state index contributed by atoms with van der Waals surface area (Å²) in [6.07, 6.45) is 5.57. The Morgan fingerprint density at radius 3 is 2.17 bits per heavy atom. The van der Waals surface area contributed by atoms with Gasteiger partial charge in [0.15, 0.2) is 0 Å². The van der Waals surface area contributed by atoms with E-state index in [2.05, 4.69) is 20.8 Å². The lowest BCUT2D eigenvalue weighted by molar-refractivity contribution is 0.112. The fourth-order valence-corrected chi connectivity index (χ4v) is 2.63. The van der Waals surface area contributed by atoms with Gasteiger partial charge in [-0.05, 0) is 36.6 Å². The average Bonchev–Trinajstić information content (AvgIpc) is 2.03. The van der Waals surface area contributed by atoms with Crippen LogP contribution in [0.15, 0.2) is 0 Å². The van der Waals surface area contributed by atoms with Crippen molar-refractivity contribution in [1.29, 1.82) is 0 Å². The van der Waals surface area contributed by atoms with Gasteiger partial charge in [-0.25, -0.2) is 0 Å². The van der Waals surface area contributed by atoms with Crippen molar-refractivity contribution in [1.82, 2.24) is 0 Å². The minimum absolute atomic E-state index is 0.463. The predicted octanol–water partition coefficient (Wildman–Crippen LogP) is 2.80. The van der Waals surface area contributed by atoms with E-state index in [9.17, 15) is 0 Å². The second-order valence-electron chi connectivity index (χ2n) is 5.25. The summed E-state index contributed by atoms with van der Waals surface area (Å²) in [7, 11) is 0. The molecule has 1 aliphatic carbocycles. The smallest absolute Gasteiger partial charge is 0.00460 e. The quantitative estimate of drug-likeness (QED) is 0.642. The molecule has 1 aliphatic rings. The molecule has 0 spiro atoms. The average molecular weight is 169 g/mol. The molecule has 0 amide bonds. The Balaban J connectivity index is 2.59.